The van der Waals surface area contributed by atoms with Gasteiger partial charge in [0.25, 0.3) is 0 Å². The number of aromatic nitrogens is 2. The molecule has 146 valence electrons. The molecule has 1 aromatic heterocycles. The molecule has 0 fully saturated rings. The molecule has 0 radical (unpaired) electrons. The maximum absolute atomic E-state index is 12.6. The van der Waals surface area contributed by atoms with Crippen LogP contribution in [-0.4, -0.2) is 15.5 Å². The number of alkyl halides is 3. The summed E-state index contributed by atoms with van der Waals surface area (Å²) in [6, 6.07) is 11.1. The molecule has 5 nitrogen and oxygen atoms in total. The van der Waals surface area contributed by atoms with E-state index in [1.165, 1.54) is 12.1 Å². The van der Waals surface area contributed by atoms with E-state index in [-0.39, 0.29) is 11.9 Å². The first kappa shape index (κ1) is 19.5. The van der Waals surface area contributed by atoms with Crippen molar-refractivity contribution >= 4 is 5.91 Å². The Morgan fingerprint density at radius 3 is 2.25 bits per heavy atom. The van der Waals surface area contributed by atoms with Gasteiger partial charge < -0.3 is 14.6 Å². The van der Waals surface area contributed by atoms with Crippen LogP contribution in [0.5, 0.6) is 11.5 Å². The molecule has 0 spiro atoms. The predicted molar refractivity (Wildman–Crippen MR) is 96.7 cm³/mol. The van der Waals surface area contributed by atoms with Crippen LogP contribution in [0, 0.1) is 0 Å². The van der Waals surface area contributed by atoms with Crippen molar-refractivity contribution in [2.24, 2.45) is 0 Å². The third kappa shape index (κ3) is 4.91. The fraction of sp³-hybridized carbons (Fsp3) is 0.200. The van der Waals surface area contributed by atoms with Crippen molar-refractivity contribution in [1.29, 1.82) is 0 Å². The summed E-state index contributed by atoms with van der Waals surface area (Å²) in [5.74, 6) is 0.660. The highest BCUT2D eigenvalue weighted by Crippen LogP contribution is 2.31. The van der Waals surface area contributed by atoms with Crippen molar-refractivity contribution in [3.8, 4) is 11.5 Å². The predicted octanol–water partition coefficient (Wildman–Crippen LogP) is 4.57. The van der Waals surface area contributed by atoms with Crippen molar-refractivity contribution in [1.82, 2.24) is 14.9 Å². The Morgan fingerprint density at radius 1 is 1.11 bits per heavy atom. The average molecular weight is 389 g/mol. The van der Waals surface area contributed by atoms with Gasteiger partial charge in [-0.05, 0) is 48.9 Å². The van der Waals surface area contributed by atoms with Crippen molar-refractivity contribution in [3.05, 3.63) is 78.4 Å². The first-order valence-electron chi connectivity index (χ1n) is 8.52. The minimum atomic E-state index is -4.38. The van der Waals surface area contributed by atoms with E-state index in [0.29, 0.717) is 18.0 Å². The molecule has 0 aliphatic carbocycles. The first-order valence-corrected chi connectivity index (χ1v) is 8.52. The lowest BCUT2D eigenvalue weighted by atomic mass is 10.2. The number of carbonyl (C=O) groups is 1. The summed E-state index contributed by atoms with van der Waals surface area (Å²) in [5.41, 5.74) is 0.141. The van der Waals surface area contributed by atoms with E-state index < -0.39 is 11.7 Å². The molecular weight excluding hydrogens is 371 g/mol. The van der Waals surface area contributed by atoms with Crippen molar-refractivity contribution in [2.45, 2.75) is 25.7 Å². The molecule has 3 aromatic rings. The van der Waals surface area contributed by atoms with Gasteiger partial charge in [0.05, 0.1) is 11.9 Å². The van der Waals surface area contributed by atoms with Crippen LogP contribution in [0.25, 0.3) is 0 Å². The van der Waals surface area contributed by atoms with E-state index in [1.807, 2.05) is 0 Å². The Kier molecular flexibility index (Phi) is 5.67. The van der Waals surface area contributed by atoms with Gasteiger partial charge in [0.15, 0.2) is 0 Å². The fourth-order valence-electron chi connectivity index (χ4n) is 2.49. The second-order valence-electron chi connectivity index (χ2n) is 6.17. The van der Waals surface area contributed by atoms with Gasteiger partial charge in [0.2, 0.25) is 5.91 Å². The van der Waals surface area contributed by atoms with Gasteiger partial charge in [-0.2, -0.15) is 13.2 Å². The van der Waals surface area contributed by atoms with Crippen LogP contribution in [0.4, 0.5) is 13.2 Å². The molecule has 2 aromatic carbocycles. The summed E-state index contributed by atoms with van der Waals surface area (Å²) in [7, 11) is 0. The zero-order valence-corrected chi connectivity index (χ0v) is 15.0. The molecular formula is C20H18F3N3O2. The van der Waals surface area contributed by atoms with Crippen molar-refractivity contribution in [3.63, 3.8) is 0 Å². The SMILES string of the molecule is CC(C(=O)NCc1ccc(Oc2ccc(C(F)(F)F)cc2)cc1)n1ccnc1. The van der Waals surface area contributed by atoms with Crippen LogP contribution in [0.15, 0.2) is 67.3 Å². The van der Waals surface area contributed by atoms with Crippen molar-refractivity contribution < 1.29 is 22.7 Å². The van der Waals surface area contributed by atoms with Gasteiger partial charge in [-0.1, -0.05) is 12.1 Å². The number of halogens is 3. The molecule has 28 heavy (non-hydrogen) atoms. The summed E-state index contributed by atoms with van der Waals surface area (Å²) in [6.07, 6.45) is 0.536. The maximum atomic E-state index is 12.6. The minimum absolute atomic E-state index is 0.136. The molecule has 1 unspecified atom stereocenters. The van der Waals surface area contributed by atoms with Crippen LogP contribution in [0.2, 0.25) is 0 Å². The normalized spacial score (nSPS) is 12.4. The lowest BCUT2D eigenvalue weighted by Gasteiger charge is -2.13. The average Bonchev–Trinajstić information content (AvgIpc) is 3.21. The van der Waals surface area contributed by atoms with Gasteiger partial charge in [-0.3, -0.25) is 4.79 Å². The lowest BCUT2D eigenvalue weighted by Crippen LogP contribution is -2.30. The van der Waals surface area contributed by atoms with Gasteiger partial charge in [-0.25, -0.2) is 4.98 Å². The minimum Gasteiger partial charge on any atom is -0.457 e. The van der Waals surface area contributed by atoms with Crippen LogP contribution >= 0.6 is 0 Å². The van der Waals surface area contributed by atoms with E-state index in [4.69, 9.17) is 4.74 Å². The Labute approximate surface area is 159 Å². The summed E-state index contributed by atoms with van der Waals surface area (Å²) in [5, 5.41) is 2.84. The van der Waals surface area contributed by atoms with E-state index in [9.17, 15) is 18.0 Å². The van der Waals surface area contributed by atoms with Crippen molar-refractivity contribution in [2.75, 3.05) is 0 Å². The standard InChI is InChI=1S/C20H18F3N3O2/c1-14(26-11-10-24-13-26)19(27)25-12-15-2-6-17(7-3-15)28-18-8-4-16(5-9-18)20(21,22)23/h2-11,13-14H,12H2,1H3,(H,25,27). The molecule has 0 bridgehead atoms. The van der Waals surface area contributed by atoms with E-state index in [1.54, 1.807) is 54.5 Å². The second kappa shape index (κ2) is 8.16. The summed E-state index contributed by atoms with van der Waals surface area (Å²) >= 11 is 0. The molecule has 8 heteroatoms. The number of nitrogens with zero attached hydrogens (tertiary/aromatic N) is 2. The fourth-order valence-corrected chi connectivity index (χ4v) is 2.49. The summed E-state index contributed by atoms with van der Waals surface area (Å²) < 4.78 is 45.0. The number of hydrogen-bond acceptors (Lipinski definition) is 3. The van der Waals surface area contributed by atoms with Crippen LogP contribution < -0.4 is 10.1 Å². The van der Waals surface area contributed by atoms with E-state index >= 15 is 0 Å². The molecule has 0 saturated heterocycles. The summed E-state index contributed by atoms with van der Waals surface area (Å²) in [6.45, 7) is 2.12. The molecule has 1 heterocycles. The number of carbonyl (C=O) groups excluding carboxylic acids is 1. The number of benzene rings is 2. The van der Waals surface area contributed by atoms with Gasteiger partial charge in [0.1, 0.15) is 17.5 Å². The molecule has 0 aliphatic heterocycles. The Bertz CT molecular complexity index is 905. The first-order chi connectivity index (χ1) is 13.3. The van der Waals surface area contributed by atoms with E-state index in [0.717, 1.165) is 17.7 Å². The highest BCUT2D eigenvalue weighted by Gasteiger charge is 2.30. The second-order valence-corrected chi connectivity index (χ2v) is 6.17. The quantitative estimate of drug-likeness (QED) is 0.672. The molecule has 1 N–H and O–H groups in total. The number of imidazole rings is 1. The van der Waals surface area contributed by atoms with Crippen LogP contribution in [0.1, 0.15) is 24.1 Å². The van der Waals surface area contributed by atoms with E-state index in [2.05, 4.69) is 10.3 Å². The number of nitrogens with one attached hydrogen (secondary N) is 1. The Hall–Kier alpha value is -3.29. The number of ether oxygens (including phenoxy) is 1. The Morgan fingerprint density at radius 2 is 1.71 bits per heavy atom. The zero-order valence-electron chi connectivity index (χ0n) is 15.0. The number of amides is 1. The largest absolute Gasteiger partial charge is 0.457 e. The lowest BCUT2D eigenvalue weighted by molar-refractivity contribution is -0.137. The molecule has 0 aliphatic rings. The zero-order chi connectivity index (χ0) is 20.1. The Balaban J connectivity index is 1.54. The molecule has 3 rings (SSSR count). The highest BCUT2D eigenvalue weighted by atomic mass is 19.4. The van der Waals surface area contributed by atoms with Gasteiger partial charge >= 0.3 is 6.18 Å². The van der Waals surface area contributed by atoms with Crippen LogP contribution in [-0.2, 0) is 17.5 Å². The molecule has 0 saturated carbocycles. The third-order valence-corrected chi connectivity index (χ3v) is 4.16. The molecule has 1 amide bonds. The monoisotopic (exact) mass is 389 g/mol. The van der Waals surface area contributed by atoms with Gasteiger partial charge in [-0.15, -0.1) is 0 Å². The van der Waals surface area contributed by atoms with Gasteiger partial charge in [0, 0.05) is 18.9 Å². The smallest absolute Gasteiger partial charge is 0.416 e. The highest BCUT2D eigenvalue weighted by molar-refractivity contribution is 5.79. The van der Waals surface area contributed by atoms with Crippen LogP contribution in [0.3, 0.4) is 0 Å². The maximum Gasteiger partial charge on any atom is 0.416 e. The third-order valence-electron chi connectivity index (χ3n) is 4.16. The summed E-state index contributed by atoms with van der Waals surface area (Å²) in [4.78, 5) is 16.1. The topological polar surface area (TPSA) is 56.1 Å². The number of hydrogen-bond donors (Lipinski definition) is 1. The number of rotatable bonds is 6. The molecule has 1 atom stereocenters.